The van der Waals surface area contributed by atoms with Crippen molar-refractivity contribution in [1.82, 2.24) is 5.32 Å². The van der Waals surface area contributed by atoms with Crippen molar-refractivity contribution in [3.8, 4) is 0 Å². The number of hydrogen-bond donors (Lipinski definition) is 2. The first kappa shape index (κ1) is 14.5. The molecular weight excluding hydrogens is 256 g/mol. The quantitative estimate of drug-likeness (QED) is 0.884. The van der Waals surface area contributed by atoms with Gasteiger partial charge in [-0.15, -0.1) is 0 Å². The highest BCUT2D eigenvalue weighted by atomic mass is 16.4. The van der Waals surface area contributed by atoms with Crippen molar-refractivity contribution in [2.24, 2.45) is 0 Å². The maximum atomic E-state index is 12.4. The van der Waals surface area contributed by atoms with Crippen molar-refractivity contribution in [3.63, 3.8) is 0 Å². The Hall–Kier alpha value is -1.88. The van der Waals surface area contributed by atoms with Crippen molar-refractivity contribution >= 4 is 17.6 Å². The molecule has 1 atom stereocenters. The first-order valence-corrected chi connectivity index (χ1v) is 6.94. The summed E-state index contributed by atoms with van der Waals surface area (Å²) in [6.45, 7) is 0.877. The van der Waals surface area contributed by atoms with Crippen LogP contribution in [0.3, 0.4) is 0 Å². The number of likely N-dealkylation sites (N-methyl/N-ethyl adjacent to an activating group) is 1. The van der Waals surface area contributed by atoms with Gasteiger partial charge in [-0.3, -0.25) is 4.79 Å². The van der Waals surface area contributed by atoms with Gasteiger partial charge in [0.15, 0.2) is 0 Å². The summed E-state index contributed by atoms with van der Waals surface area (Å²) in [7, 11) is 1.73. The number of carbonyl (C=O) groups excluding carboxylic acids is 1. The Balaban J connectivity index is 2.07. The van der Waals surface area contributed by atoms with Crippen LogP contribution in [0.5, 0.6) is 0 Å². The van der Waals surface area contributed by atoms with E-state index >= 15 is 0 Å². The van der Waals surface area contributed by atoms with E-state index in [0.29, 0.717) is 5.69 Å². The smallest absolute Gasteiger partial charge is 0.335 e. The molecule has 0 aromatic heterocycles. The maximum Gasteiger partial charge on any atom is 0.335 e. The Morgan fingerprint density at radius 1 is 1.20 bits per heavy atom. The van der Waals surface area contributed by atoms with Crippen LogP contribution in [0.25, 0.3) is 0 Å². The van der Waals surface area contributed by atoms with E-state index in [0.717, 1.165) is 32.2 Å². The van der Waals surface area contributed by atoms with Crippen molar-refractivity contribution in [3.05, 3.63) is 29.8 Å². The van der Waals surface area contributed by atoms with Gasteiger partial charge in [-0.2, -0.15) is 0 Å². The van der Waals surface area contributed by atoms with Gasteiger partial charge < -0.3 is 15.3 Å². The van der Waals surface area contributed by atoms with Gasteiger partial charge in [-0.25, -0.2) is 4.79 Å². The average molecular weight is 276 g/mol. The summed E-state index contributed by atoms with van der Waals surface area (Å²) >= 11 is 0. The molecule has 1 aromatic carbocycles. The number of nitrogens with one attached hydrogen (secondary N) is 1. The molecule has 0 aliphatic carbocycles. The van der Waals surface area contributed by atoms with Crippen LogP contribution in [0, 0.1) is 0 Å². The number of aromatic carboxylic acids is 1. The van der Waals surface area contributed by atoms with E-state index in [2.05, 4.69) is 5.32 Å². The zero-order chi connectivity index (χ0) is 14.5. The second kappa shape index (κ2) is 6.52. The molecular formula is C15H20N2O3. The lowest BCUT2D eigenvalue weighted by Gasteiger charge is -2.23. The molecule has 0 spiro atoms. The molecule has 1 heterocycles. The van der Waals surface area contributed by atoms with Crippen LogP contribution in [0.15, 0.2) is 24.3 Å². The molecule has 20 heavy (non-hydrogen) atoms. The van der Waals surface area contributed by atoms with Gasteiger partial charge in [-0.05, 0) is 43.7 Å². The Bertz CT molecular complexity index is 476. The fourth-order valence-electron chi connectivity index (χ4n) is 2.43. The zero-order valence-corrected chi connectivity index (χ0v) is 11.6. The second-order valence-corrected chi connectivity index (χ2v) is 5.11. The summed E-state index contributed by atoms with van der Waals surface area (Å²) in [5, 5.41) is 12.1. The third-order valence-corrected chi connectivity index (χ3v) is 3.69. The minimum Gasteiger partial charge on any atom is -0.478 e. The predicted molar refractivity (Wildman–Crippen MR) is 77.1 cm³/mol. The number of rotatable bonds is 3. The largest absolute Gasteiger partial charge is 0.478 e. The number of anilines is 1. The third kappa shape index (κ3) is 3.36. The summed E-state index contributed by atoms with van der Waals surface area (Å²) < 4.78 is 0. The summed E-state index contributed by atoms with van der Waals surface area (Å²) in [5.41, 5.74) is 0.938. The fraction of sp³-hybridized carbons (Fsp3) is 0.467. The zero-order valence-electron chi connectivity index (χ0n) is 11.6. The summed E-state index contributed by atoms with van der Waals surface area (Å²) in [6.07, 6.45) is 4.19. The average Bonchev–Trinajstić information content (AvgIpc) is 2.75. The van der Waals surface area contributed by atoms with Crippen LogP contribution in [0.2, 0.25) is 0 Å². The number of hydrogen-bond acceptors (Lipinski definition) is 3. The molecule has 1 fully saturated rings. The Morgan fingerprint density at radius 2 is 1.90 bits per heavy atom. The van der Waals surface area contributed by atoms with Gasteiger partial charge in [0.25, 0.3) is 0 Å². The molecule has 5 heteroatoms. The van der Waals surface area contributed by atoms with Crippen LogP contribution in [-0.4, -0.2) is 36.6 Å². The normalized spacial score (nSPS) is 19.1. The van der Waals surface area contributed by atoms with Gasteiger partial charge >= 0.3 is 5.97 Å². The van der Waals surface area contributed by atoms with Crippen LogP contribution in [0.1, 0.15) is 36.0 Å². The van der Waals surface area contributed by atoms with Crippen molar-refractivity contribution in [2.75, 3.05) is 18.5 Å². The standard InChI is InChI=1S/C15H20N2O3/c1-17(12-8-6-11(7-9-12)15(19)20)14(18)13-5-3-2-4-10-16-13/h6-9,13,16H,2-5,10H2,1H3,(H,19,20). The lowest BCUT2D eigenvalue weighted by Crippen LogP contribution is -2.44. The topological polar surface area (TPSA) is 69.6 Å². The lowest BCUT2D eigenvalue weighted by atomic mass is 10.1. The summed E-state index contributed by atoms with van der Waals surface area (Å²) in [4.78, 5) is 24.8. The Labute approximate surface area is 118 Å². The minimum atomic E-state index is -0.962. The van der Waals surface area contributed by atoms with Crippen LogP contribution in [-0.2, 0) is 4.79 Å². The van der Waals surface area contributed by atoms with Crippen molar-refractivity contribution in [1.29, 1.82) is 0 Å². The van der Waals surface area contributed by atoms with Gasteiger partial charge in [0.2, 0.25) is 5.91 Å². The molecule has 1 amide bonds. The fourth-order valence-corrected chi connectivity index (χ4v) is 2.43. The summed E-state index contributed by atoms with van der Waals surface area (Å²) in [6, 6.07) is 6.22. The number of carboxylic acids is 1. The molecule has 0 radical (unpaired) electrons. The highest BCUT2D eigenvalue weighted by Crippen LogP contribution is 2.17. The molecule has 1 aliphatic heterocycles. The van der Waals surface area contributed by atoms with Crippen LogP contribution >= 0.6 is 0 Å². The first-order valence-electron chi connectivity index (χ1n) is 6.94. The van der Waals surface area contributed by atoms with Gasteiger partial charge in [0.05, 0.1) is 11.6 Å². The second-order valence-electron chi connectivity index (χ2n) is 5.11. The first-order chi connectivity index (χ1) is 9.59. The maximum absolute atomic E-state index is 12.4. The highest BCUT2D eigenvalue weighted by molar-refractivity contribution is 5.97. The van der Waals surface area contributed by atoms with Gasteiger partial charge in [0.1, 0.15) is 0 Å². The van der Waals surface area contributed by atoms with E-state index in [1.54, 1.807) is 24.1 Å². The number of nitrogens with zero attached hydrogens (tertiary/aromatic N) is 1. The van der Waals surface area contributed by atoms with Crippen LogP contribution < -0.4 is 10.2 Å². The number of amides is 1. The SMILES string of the molecule is CN(C(=O)C1CCCCCN1)c1ccc(C(=O)O)cc1. The molecule has 108 valence electrons. The highest BCUT2D eigenvalue weighted by Gasteiger charge is 2.23. The van der Waals surface area contributed by atoms with E-state index in [-0.39, 0.29) is 17.5 Å². The van der Waals surface area contributed by atoms with Gasteiger partial charge in [-0.1, -0.05) is 12.8 Å². The van der Waals surface area contributed by atoms with Crippen molar-refractivity contribution < 1.29 is 14.7 Å². The number of carboxylic acid groups (broad SMARTS) is 1. The molecule has 1 saturated heterocycles. The molecule has 5 nitrogen and oxygen atoms in total. The lowest BCUT2D eigenvalue weighted by molar-refractivity contribution is -0.120. The molecule has 1 aliphatic rings. The molecule has 2 N–H and O–H groups in total. The predicted octanol–water partition coefficient (Wildman–Crippen LogP) is 1.88. The van der Waals surface area contributed by atoms with E-state index in [1.165, 1.54) is 12.1 Å². The van der Waals surface area contributed by atoms with E-state index in [4.69, 9.17) is 5.11 Å². The monoisotopic (exact) mass is 276 g/mol. The summed E-state index contributed by atoms with van der Waals surface area (Å²) in [5.74, 6) is -0.925. The minimum absolute atomic E-state index is 0.0370. The number of benzene rings is 1. The van der Waals surface area contributed by atoms with Gasteiger partial charge in [0, 0.05) is 12.7 Å². The molecule has 1 unspecified atom stereocenters. The van der Waals surface area contributed by atoms with Crippen molar-refractivity contribution in [2.45, 2.75) is 31.7 Å². The molecule has 0 saturated carbocycles. The molecule has 1 aromatic rings. The van der Waals surface area contributed by atoms with E-state index in [1.807, 2.05) is 0 Å². The Morgan fingerprint density at radius 3 is 2.55 bits per heavy atom. The van der Waals surface area contributed by atoms with Crippen LogP contribution in [0.4, 0.5) is 5.69 Å². The molecule has 0 bridgehead atoms. The van der Waals surface area contributed by atoms with E-state index < -0.39 is 5.97 Å². The van der Waals surface area contributed by atoms with E-state index in [9.17, 15) is 9.59 Å². The Kier molecular flexibility index (Phi) is 4.74. The number of carbonyl (C=O) groups is 2. The third-order valence-electron chi connectivity index (χ3n) is 3.69. The molecule has 2 rings (SSSR count).